The van der Waals surface area contributed by atoms with E-state index in [0.717, 1.165) is 0 Å². The molecule has 1 aromatic heterocycles. The van der Waals surface area contributed by atoms with Crippen LogP contribution >= 0.6 is 34.2 Å². The van der Waals surface area contributed by atoms with Crippen LogP contribution in [0, 0.1) is 3.57 Å². The number of aromatic nitrogens is 2. The third-order valence-electron chi connectivity index (χ3n) is 2.65. The summed E-state index contributed by atoms with van der Waals surface area (Å²) in [5, 5.41) is 0.353. The number of ether oxygens (including phenoxy) is 1. The maximum Gasteiger partial charge on any atom is 0.267 e. The molecule has 0 amide bonds. The molecule has 7 heteroatoms. The van der Waals surface area contributed by atoms with Crippen LogP contribution in [-0.2, 0) is 6.54 Å². The Morgan fingerprint density at radius 3 is 2.90 bits per heavy atom. The monoisotopic (exact) mass is 404 g/mol. The molecule has 0 unspecified atom stereocenters. The molecule has 104 valence electrons. The van der Waals surface area contributed by atoms with Crippen LogP contribution in [0.1, 0.15) is 10.4 Å². The Hall–Kier alpha value is -1.41. The summed E-state index contributed by atoms with van der Waals surface area (Å²) in [6, 6.07) is 4.75. The van der Waals surface area contributed by atoms with E-state index < -0.39 is 0 Å². The van der Waals surface area contributed by atoms with Gasteiger partial charge in [0.15, 0.2) is 5.78 Å². The fourth-order valence-electron chi connectivity index (χ4n) is 1.62. The Bertz CT molecular complexity index is 715. The molecule has 1 heterocycles. The molecule has 0 aliphatic carbocycles. The van der Waals surface area contributed by atoms with E-state index in [1.165, 1.54) is 30.3 Å². The van der Waals surface area contributed by atoms with Gasteiger partial charge in [-0.1, -0.05) is 11.6 Å². The summed E-state index contributed by atoms with van der Waals surface area (Å²) in [7, 11) is 1.50. The predicted molar refractivity (Wildman–Crippen MR) is 83.5 cm³/mol. The van der Waals surface area contributed by atoms with E-state index in [9.17, 15) is 9.59 Å². The van der Waals surface area contributed by atoms with Gasteiger partial charge in [-0.25, -0.2) is 4.98 Å². The SMILES string of the molecule is COc1ccc(C(=O)Cn2cncc(I)c2=O)cc1Cl. The summed E-state index contributed by atoms with van der Waals surface area (Å²) in [5.41, 5.74) is 0.176. The molecule has 0 aliphatic rings. The summed E-state index contributed by atoms with van der Waals surface area (Å²) in [6.45, 7) is -0.0780. The van der Waals surface area contributed by atoms with E-state index in [2.05, 4.69) is 4.98 Å². The van der Waals surface area contributed by atoms with Crippen molar-refractivity contribution in [3.8, 4) is 5.75 Å². The molecule has 0 aliphatic heterocycles. The van der Waals surface area contributed by atoms with Crippen molar-refractivity contribution in [2.45, 2.75) is 6.54 Å². The number of hydrogen-bond donors (Lipinski definition) is 0. The van der Waals surface area contributed by atoms with Gasteiger partial charge in [-0.3, -0.25) is 14.2 Å². The van der Waals surface area contributed by atoms with Crippen molar-refractivity contribution in [3.05, 3.63) is 55.2 Å². The molecule has 2 rings (SSSR count). The highest BCUT2D eigenvalue weighted by Crippen LogP contribution is 2.25. The van der Waals surface area contributed by atoms with Crippen molar-refractivity contribution >= 4 is 40.0 Å². The van der Waals surface area contributed by atoms with Gasteiger partial charge in [-0.05, 0) is 40.8 Å². The first-order valence-corrected chi connectivity index (χ1v) is 7.05. The third-order valence-corrected chi connectivity index (χ3v) is 3.68. The molecule has 0 radical (unpaired) electrons. The summed E-state index contributed by atoms with van der Waals surface area (Å²) in [5.74, 6) is 0.275. The van der Waals surface area contributed by atoms with Crippen LogP contribution < -0.4 is 10.3 Å². The standard InChI is InChI=1S/C13H10ClIN2O3/c1-20-12-3-2-8(4-9(12)14)11(18)6-17-7-16-5-10(15)13(17)19/h2-5,7H,6H2,1H3. The number of methoxy groups -OCH3 is 1. The highest BCUT2D eigenvalue weighted by Gasteiger charge is 2.11. The Labute approximate surface area is 133 Å². The van der Waals surface area contributed by atoms with Crippen molar-refractivity contribution in [1.29, 1.82) is 0 Å². The summed E-state index contributed by atoms with van der Waals surface area (Å²) in [4.78, 5) is 27.9. The van der Waals surface area contributed by atoms with Crippen molar-refractivity contribution in [2.24, 2.45) is 0 Å². The summed E-state index contributed by atoms with van der Waals surface area (Å²) in [6.07, 6.45) is 2.79. The van der Waals surface area contributed by atoms with E-state index in [1.54, 1.807) is 12.1 Å². The number of carbonyl (C=O) groups excluding carboxylic acids is 1. The minimum Gasteiger partial charge on any atom is -0.495 e. The Morgan fingerprint density at radius 1 is 1.50 bits per heavy atom. The van der Waals surface area contributed by atoms with Crippen molar-refractivity contribution < 1.29 is 9.53 Å². The Kier molecular flexibility index (Phi) is 4.77. The van der Waals surface area contributed by atoms with Crippen LogP contribution in [0.4, 0.5) is 0 Å². The zero-order valence-electron chi connectivity index (χ0n) is 10.5. The lowest BCUT2D eigenvalue weighted by Gasteiger charge is -2.07. The van der Waals surface area contributed by atoms with Gasteiger partial charge in [0.2, 0.25) is 0 Å². The molecule has 0 fully saturated rings. The third kappa shape index (κ3) is 3.18. The zero-order valence-corrected chi connectivity index (χ0v) is 13.4. The van der Waals surface area contributed by atoms with Gasteiger partial charge in [-0.2, -0.15) is 0 Å². The second-order valence-electron chi connectivity index (χ2n) is 3.95. The number of halogens is 2. The van der Waals surface area contributed by atoms with Gasteiger partial charge in [-0.15, -0.1) is 0 Å². The normalized spacial score (nSPS) is 10.3. The van der Waals surface area contributed by atoms with Crippen molar-refractivity contribution in [3.63, 3.8) is 0 Å². The minimum atomic E-state index is -0.242. The van der Waals surface area contributed by atoms with Crippen molar-refractivity contribution in [1.82, 2.24) is 9.55 Å². The molecular weight excluding hydrogens is 395 g/mol. The molecule has 5 nitrogen and oxygen atoms in total. The molecule has 0 spiro atoms. The lowest BCUT2D eigenvalue weighted by molar-refractivity contribution is 0.0970. The van der Waals surface area contributed by atoms with Gasteiger partial charge in [0.25, 0.3) is 5.56 Å². The van der Waals surface area contributed by atoms with Gasteiger partial charge < -0.3 is 4.74 Å². The molecular formula is C13H10ClIN2O3. The minimum absolute atomic E-state index is 0.0780. The highest BCUT2D eigenvalue weighted by atomic mass is 127. The molecule has 0 bridgehead atoms. The fourth-order valence-corrected chi connectivity index (χ4v) is 2.35. The molecule has 0 N–H and O–H groups in total. The maximum absolute atomic E-state index is 12.1. The average Bonchev–Trinajstić information content (AvgIpc) is 2.43. The van der Waals surface area contributed by atoms with E-state index in [4.69, 9.17) is 16.3 Å². The molecule has 1 aromatic carbocycles. The number of benzene rings is 1. The van der Waals surface area contributed by atoms with Crippen LogP contribution in [-0.4, -0.2) is 22.4 Å². The lowest BCUT2D eigenvalue weighted by Crippen LogP contribution is -2.26. The number of ketones is 1. The molecule has 0 saturated heterocycles. The van der Waals surface area contributed by atoms with Gasteiger partial charge in [0, 0.05) is 11.8 Å². The number of rotatable bonds is 4. The largest absolute Gasteiger partial charge is 0.495 e. The first-order chi connectivity index (χ1) is 9.52. The fraction of sp³-hybridized carbons (Fsp3) is 0.154. The van der Waals surface area contributed by atoms with E-state index in [0.29, 0.717) is 19.9 Å². The topological polar surface area (TPSA) is 61.2 Å². The van der Waals surface area contributed by atoms with Crippen LogP contribution in [0.25, 0.3) is 0 Å². The quantitative estimate of drug-likeness (QED) is 0.580. The average molecular weight is 405 g/mol. The second kappa shape index (κ2) is 6.36. The van der Waals surface area contributed by atoms with E-state index in [-0.39, 0.29) is 17.9 Å². The van der Waals surface area contributed by atoms with Gasteiger partial charge >= 0.3 is 0 Å². The van der Waals surface area contributed by atoms with Crippen LogP contribution in [0.15, 0.2) is 35.5 Å². The lowest BCUT2D eigenvalue weighted by atomic mass is 10.1. The number of Topliss-reactive ketones (excluding diaryl/α,β-unsaturated/α-hetero) is 1. The van der Waals surface area contributed by atoms with E-state index >= 15 is 0 Å². The summed E-state index contributed by atoms with van der Waals surface area (Å²) < 4.78 is 6.75. The first kappa shape index (κ1) is 15.0. The van der Waals surface area contributed by atoms with E-state index in [1.807, 2.05) is 22.6 Å². The number of carbonyl (C=O) groups is 1. The Balaban J connectivity index is 2.26. The predicted octanol–water partition coefficient (Wildman–Crippen LogP) is 2.39. The smallest absolute Gasteiger partial charge is 0.267 e. The number of hydrogen-bond acceptors (Lipinski definition) is 4. The van der Waals surface area contributed by atoms with Crippen LogP contribution in [0.5, 0.6) is 5.75 Å². The highest BCUT2D eigenvalue weighted by molar-refractivity contribution is 14.1. The molecule has 20 heavy (non-hydrogen) atoms. The van der Waals surface area contributed by atoms with Crippen LogP contribution in [0.3, 0.4) is 0 Å². The van der Waals surface area contributed by atoms with Crippen molar-refractivity contribution in [2.75, 3.05) is 7.11 Å². The van der Waals surface area contributed by atoms with Gasteiger partial charge in [0.1, 0.15) is 5.75 Å². The molecule has 0 saturated carbocycles. The summed E-state index contributed by atoms with van der Waals surface area (Å²) >= 11 is 7.86. The zero-order chi connectivity index (χ0) is 14.7. The number of nitrogens with zero attached hydrogens (tertiary/aromatic N) is 2. The van der Waals surface area contributed by atoms with Crippen LogP contribution in [0.2, 0.25) is 5.02 Å². The molecule has 2 aromatic rings. The maximum atomic E-state index is 12.1. The van der Waals surface area contributed by atoms with Gasteiger partial charge in [0.05, 0.1) is 28.6 Å². The Morgan fingerprint density at radius 2 is 2.25 bits per heavy atom. The first-order valence-electron chi connectivity index (χ1n) is 5.59. The second-order valence-corrected chi connectivity index (χ2v) is 5.52. The molecule has 0 atom stereocenters.